The summed E-state index contributed by atoms with van der Waals surface area (Å²) in [6.07, 6.45) is 53.9. The van der Waals surface area contributed by atoms with Crippen LogP contribution in [0.3, 0.4) is 0 Å². The maximum atomic E-state index is 13.0. The van der Waals surface area contributed by atoms with E-state index in [0.29, 0.717) is 25.7 Å². The van der Waals surface area contributed by atoms with Gasteiger partial charge in [0.2, 0.25) is 0 Å². The molecule has 0 saturated carbocycles. The summed E-state index contributed by atoms with van der Waals surface area (Å²) in [6, 6.07) is 0. The Morgan fingerprint density at radius 2 is 0.600 bits per heavy atom. The number of unbranched alkanes of at least 4 members (excludes halogenated alkanes) is 38. The van der Waals surface area contributed by atoms with E-state index < -0.39 is 97.5 Å². The van der Waals surface area contributed by atoms with Gasteiger partial charge in [0.05, 0.1) is 26.4 Å². The number of phosphoric acid groups is 2. The van der Waals surface area contributed by atoms with E-state index in [4.69, 9.17) is 37.0 Å². The van der Waals surface area contributed by atoms with Crippen LogP contribution in [0.2, 0.25) is 0 Å². The average molecular weight is 1320 g/mol. The Labute approximate surface area is 548 Å². The van der Waals surface area contributed by atoms with E-state index in [1.165, 1.54) is 141 Å². The largest absolute Gasteiger partial charge is 0.472 e. The molecule has 530 valence electrons. The zero-order valence-corrected chi connectivity index (χ0v) is 59.5. The summed E-state index contributed by atoms with van der Waals surface area (Å²) in [7, 11) is -9.90. The van der Waals surface area contributed by atoms with Gasteiger partial charge in [-0.3, -0.25) is 37.3 Å². The van der Waals surface area contributed by atoms with Crippen LogP contribution in [-0.4, -0.2) is 96.7 Å². The molecular weight excluding hydrogens is 1190 g/mol. The summed E-state index contributed by atoms with van der Waals surface area (Å²) in [5, 5.41) is 10.6. The fourth-order valence-corrected chi connectivity index (χ4v) is 11.9. The van der Waals surface area contributed by atoms with Gasteiger partial charge in [0.15, 0.2) is 12.2 Å². The van der Waals surface area contributed by atoms with Crippen LogP contribution in [0.15, 0.2) is 24.3 Å². The van der Waals surface area contributed by atoms with E-state index in [9.17, 15) is 43.2 Å². The molecule has 0 fully saturated rings. The number of aliphatic hydroxyl groups excluding tert-OH is 1. The highest BCUT2D eigenvalue weighted by Crippen LogP contribution is 2.45. The number of hydrogen-bond donors (Lipinski definition) is 3. The Kier molecular flexibility index (Phi) is 62.2. The van der Waals surface area contributed by atoms with Crippen molar-refractivity contribution in [2.45, 2.75) is 361 Å². The van der Waals surface area contributed by atoms with Crippen molar-refractivity contribution in [1.29, 1.82) is 0 Å². The van der Waals surface area contributed by atoms with E-state index in [1.54, 1.807) is 0 Å². The smallest absolute Gasteiger partial charge is 0.462 e. The second-order valence-electron chi connectivity index (χ2n) is 25.4. The summed E-state index contributed by atoms with van der Waals surface area (Å²) in [5.74, 6) is -1.41. The molecule has 0 heterocycles. The summed E-state index contributed by atoms with van der Waals surface area (Å²) >= 11 is 0. The minimum atomic E-state index is -4.96. The molecule has 0 rings (SSSR count). The highest BCUT2D eigenvalue weighted by atomic mass is 31.2. The third-order valence-electron chi connectivity index (χ3n) is 15.9. The highest BCUT2D eigenvalue weighted by molar-refractivity contribution is 7.47. The average Bonchev–Trinajstić information content (AvgIpc) is 3.47. The predicted octanol–water partition coefficient (Wildman–Crippen LogP) is 20.1. The monoisotopic (exact) mass is 1320 g/mol. The van der Waals surface area contributed by atoms with Gasteiger partial charge in [0.25, 0.3) is 0 Å². The van der Waals surface area contributed by atoms with Crippen molar-refractivity contribution >= 4 is 39.5 Å². The zero-order chi connectivity index (χ0) is 66.3. The van der Waals surface area contributed by atoms with Crippen LogP contribution in [0.4, 0.5) is 0 Å². The van der Waals surface area contributed by atoms with Crippen LogP contribution >= 0.6 is 15.6 Å². The summed E-state index contributed by atoms with van der Waals surface area (Å²) < 4.78 is 68.1. The molecule has 0 radical (unpaired) electrons. The third kappa shape index (κ3) is 64.3. The van der Waals surface area contributed by atoms with E-state index >= 15 is 0 Å². The Morgan fingerprint density at radius 3 is 0.911 bits per heavy atom. The van der Waals surface area contributed by atoms with E-state index in [1.807, 2.05) is 0 Å². The van der Waals surface area contributed by atoms with Crippen molar-refractivity contribution < 1.29 is 80.2 Å². The first-order valence-electron chi connectivity index (χ1n) is 36.5. The molecule has 5 atom stereocenters. The van der Waals surface area contributed by atoms with Crippen molar-refractivity contribution in [3.63, 3.8) is 0 Å². The lowest BCUT2D eigenvalue weighted by atomic mass is 10.0. The maximum absolute atomic E-state index is 13.0. The third-order valence-corrected chi connectivity index (χ3v) is 17.8. The Balaban J connectivity index is 5.19. The van der Waals surface area contributed by atoms with Crippen LogP contribution in [-0.2, 0) is 65.4 Å². The molecule has 0 amide bonds. The number of aliphatic hydroxyl groups is 1. The number of carbonyl (C=O) groups excluding carboxylic acids is 4. The number of rotatable bonds is 69. The van der Waals surface area contributed by atoms with Gasteiger partial charge in [-0.1, -0.05) is 290 Å². The van der Waals surface area contributed by atoms with Crippen LogP contribution in [0.25, 0.3) is 0 Å². The van der Waals surface area contributed by atoms with Gasteiger partial charge >= 0.3 is 39.5 Å². The number of phosphoric ester groups is 2. The van der Waals surface area contributed by atoms with Gasteiger partial charge in [-0.05, 0) is 57.3 Å². The fraction of sp³-hybridized carbons (Fsp3) is 0.887. The van der Waals surface area contributed by atoms with E-state index in [0.717, 1.165) is 121 Å². The van der Waals surface area contributed by atoms with Gasteiger partial charge in [0.1, 0.15) is 19.3 Å². The van der Waals surface area contributed by atoms with Gasteiger partial charge < -0.3 is 33.8 Å². The molecule has 90 heavy (non-hydrogen) atoms. The SMILES string of the molecule is CCCCCC/C=C\C=C/CCCCCCCC(=O)OC[C@H](COP(=O)(O)OC[C@@H](O)COP(=O)(O)OC[C@@H](COC(=O)CCCCCCC)OC(=O)CCCCCCCCCCCCC(C)C)OC(=O)CCCCCCCCCCCCCCCCCCC. The first kappa shape index (κ1) is 87.5. The van der Waals surface area contributed by atoms with Crippen LogP contribution in [0, 0.1) is 5.92 Å². The highest BCUT2D eigenvalue weighted by Gasteiger charge is 2.30. The summed E-state index contributed by atoms with van der Waals surface area (Å²) in [6.45, 7) is 7.09. The van der Waals surface area contributed by atoms with Crippen molar-refractivity contribution in [1.82, 2.24) is 0 Å². The Morgan fingerprint density at radius 1 is 0.344 bits per heavy atom. The first-order chi connectivity index (χ1) is 43.5. The number of esters is 4. The molecule has 3 N–H and O–H groups in total. The Bertz CT molecular complexity index is 1830. The van der Waals surface area contributed by atoms with Crippen molar-refractivity contribution in [2.24, 2.45) is 5.92 Å². The molecule has 19 heteroatoms. The second-order valence-corrected chi connectivity index (χ2v) is 28.3. The normalized spacial score (nSPS) is 14.2. The minimum Gasteiger partial charge on any atom is -0.462 e. The summed E-state index contributed by atoms with van der Waals surface area (Å²) in [4.78, 5) is 72.3. The van der Waals surface area contributed by atoms with Crippen LogP contribution < -0.4 is 0 Å². The molecule has 0 bridgehead atoms. The maximum Gasteiger partial charge on any atom is 0.472 e. The molecule has 0 aliphatic heterocycles. The Hall–Kier alpha value is -2.46. The lowest BCUT2D eigenvalue weighted by Gasteiger charge is -2.21. The molecule has 0 aliphatic rings. The fourth-order valence-electron chi connectivity index (χ4n) is 10.3. The zero-order valence-electron chi connectivity index (χ0n) is 57.8. The van der Waals surface area contributed by atoms with Crippen molar-refractivity contribution in [3.05, 3.63) is 24.3 Å². The topological polar surface area (TPSA) is 237 Å². The van der Waals surface area contributed by atoms with Gasteiger partial charge in [-0.15, -0.1) is 0 Å². The van der Waals surface area contributed by atoms with E-state index in [2.05, 4.69) is 58.9 Å². The number of carbonyl (C=O) groups is 4. The molecule has 17 nitrogen and oxygen atoms in total. The predicted molar refractivity (Wildman–Crippen MR) is 363 cm³/mol. The standard InChI is InChI=1S/C71H134O17P2/c1-6-9-12-15-17-19-21-23-25-26-28-30-32-37-41-46-51-56-71(76)88-67(61-82-69(74)55-50-45-40-36-31-29-27-24-22-20-18-16-13-10-7-2)63-86-90(79,80)84-59-65(72)58-83-89(77,78)85-62-66(60-81-68(73)54-49-43-14-11-8-3)87-70(75)57-52-47-42-38-34-33-35-39-44-48-53-64(4)5/h20,22,24,27,64-67,72H,6-19,21,23,25-26,28-63H2,1-5H3,(H,77,78)(H,79,80)/b22-20-,27-24-/t65-,66+,67+/m0/s1. The number of allylic oxidation sites excluding steroid dienone is 4. The molecule has 2 unspecified atom stereocenters. The molecule has 0 aromatic rings. The van der Waals surface area contributed by atoms with Crippen molar-refractivity contribution in [3.8, 4) is 0 Å². The van der Waals surface area contributed by atoms with E-state index in [-0.39, 0.29) is 25.7 Å². The first-order valence-corrected chi connectivity index (χ1v) is 39.4. The molecule has 0 saturated heterocycles. The van der Waals surface area contributed by atoms with Crippen LogP contribution in [0.1, 0.15) is 343 Å². The quantitative estimate of drug-likeness (QED) is 0.0169. The van der Waals surface area contributed by atoms with Crippen LogP contribution in [0.5, 0.6) is 0 Å². The lowest BCUT2D eigenvalue weighted by molar-refractivity contribution is -0.161. The van der Waals surface area contributed by atoms with Gasteiger partial charge in [0, 0.05) is 25.7 Å². The number of hydrogen-bond acceptors (Lipinski definition) is 15. The molecule has 0 aromatic carbocycles. The molecule has 0 spiro atoms. The molecule has 0 aromatic heterocycles. The molecular formula is C71H134O17P2. The summed E-state index contributed by atoms with van der Waals surface area (Å²) in [5.41, 5.74) is 0. The number of ether oxygens (including phenoxy) is 4. The van der Waals surface area contributed by atoms with Gasteiger partial charge in [-0.2, -0.15) is 0 Å². The van der Waals surface area contributed by atoms with Gasteiger partial charge in [-0.25, -0.2) is 9.13 Å². The molecule has 0 aliphatic carbocycles. The second kappa shape index (κ2) is 63.9. The van der Waals surface area contributed by atoms with Crippen molar-refractivity contribution in [2.75, 3.05) is 39.6 Å². The lowest BCUT2D eigenvalue weighted by Crippen LogP contribution is -2.30. The minimum absolute atomic E-state index is 0.101.